The monoisotopic (exact) mass is 358 g/mol. The standard InChI is InChI=1S/C14H19BrN2O4/c1-4-9(2)17(8-13(18)19)14(20)16-11-5-10(15)6-12(7-11)21-3/h5-7,9H,4,8H2,1-3H3,(H,16,20)(H,18,19). The Kier molecular flexibility index (Phi) is 6.48. The molecule has 0 aliphatic carbocycles. The lowest BCUT2D eigenvalue weighted by molar-refractivity contribution is -0.138. The molecule has 1 unspecified atom stereocenters. The summed E-state index contributed by atoms with van der Waals surface area (Å²) in [4.78, 5) is 24.4. The molecular weight excluding hydrogens is 340 g/mol. The third-order valence-electron chi connectivity index (χ3n) is 3.05. The summed E-state index contributed by atoms with van der Waals surface area (Å²) in [5.41, 5.74) is 0.532. The molecule has 1 atom stereocenters. The maximum Gasteiger partial charge on any atom is 0.323 e. The average Bonchev–Trinajstić information content (AvgIpc) is 2.42. The minimum absolute atomic E-state index is 0.171. The number of carboxylic acids is 1. The molecule has 7 heteroatoms. The molecule has 0 fully saturated rings. The highest BCUT2D eigenvalue weighted by Gasteiger charge is 2.21. The fourth-order valence-electron chi connectivity index (χ4n) is 1.74. The van der Waals surface area contributed by atoms with Crippen molar-refractivity contribution in [2.24, 2.45) is 0 Å². The molecule has 0 heterocycles. The Labute approximate surface area is 132 Å². The fraction of sp³-hybridized carbons (Fsp3) is 0.429. The predicted octanol–water partition coefficient (Wildman–Crippen LogP) is 3.17. The van der Waals surface area contributed by atoms with Crippen molar-refractivity contribution in [3.63, 3.8) is 0 Å². The molecule has 1 aromatic rings. The van der Waals surface area contributed by atoms with Crippen LogP contribution in [-0.2, 0) is 4.79 Å². The van der Waals surface area contributed by atoms with E-state index in [0.717, 1.165) is 4.47 Å². The molecule has 0 aromatic heterocycles. The number of anilines is 1. The second kappa shape index (κ2) is 7.87. The number of carbonyl (C=O) groups is 2. The number of methoxy groups -OCH3 is 1. The third-order valence-corrected chi connectivity index (χ3v) is 3.51. The van der Waals surface area contributed by atoms with Gasteiger partial charge in [0, 0.05) is 22.3 Å². The van der Waals surface area contributed by atoms with E-state index >= 15 is 0 Å². The van der Waals surface area contributed by atoms with Gasteiger partial charge in [0.1, 0.15) is 12.3 Å². The van der Waals surface area contributed by atoms with Crippen LogP contribution in [0.1, 0.15) is 20.3 Å². The first-order chi connectivity index (χ1) is 9.87. The van der Waals surface area contributed by atoms with Crippen LogP contribution in [0.25, 0.3) is 0 Å². The molecule has 2 amide bonds. The summed E-state index contributed by atoms with van der Waals surface area (Å²) >= 11 is 3.32. The zero-order valence-electron chi connectivity index (χ0n) is 12.2. The first kappa shape index (κ1) is 17.3. The number of hydrogen-bond acceptors (Lipinski definition) is 3. The Bertz CT molecular complexity index is 522. The number of rotatable bonds is 6. The van der Waals surface area contributed by atoms with Gasteiger partial charge < -0.3 is 20.1 Å². The highest BCUT2D eigenvalue weighted by Crippen LogP contribution is 2.24. The van der Waals surface area contributed by atoms with Gasteiger partial charge in [-0.3, -0.25) is 4.79 Å². The van der Waals surface area contributed by atoms with Crippen LogP contribution in [0.5, 0.6) is 5.75 Å². The van der Waals surface area contributed by atoms with Gasteiger partial charge in [-0.05, 0) is 25.5 Å². The van der Waals surface area contributed by atoms with Crippen molar-refractivity contribution in [2.45, 2.75) is 26.3 Å². The van der Waals surface area contributed by atoms with Crippen LogP contribution in [0.2, 0.25) is 0 Å². The van der Waals surface area contributed by atoms with Crippen molar-refractivity contribution in [3.05, 3.63) is 22.7 Å². The highest BCUT2D eigenvalue weighted by molar-refractivity contribution is 9.10. The minimum atomic E-state index is -1.04. The summed E-state index contributed by atoms with van der Waals surface area (Å²) in [5, 5.41) is 11.6. The van der Waals surface area contributed by atoms with Gasteiger partial charge in [-0.1, -0.05) is 22.9 Å². The first-order valence-corrected chi connectivity index (χ1v) is 7.30. The number of halogens is 1. The van der Waals surface area contributed by atoms with Crippen LogP contribution in [0, 0.1) is 0 Å². The molecule has 6 nitrogen and oxygen atoms in total. The summed E-state index contributed by atoms with van der Waals surface area (Å²) in [6.07, 6.45) is 0.669. The topological polar surface area (TPSA) is 78.9 Å². The average molecular weight is 359 g/mol. The van der Waals surface area contributed by atoms with Crippen molar-refractivity contribution < 1.29 is 19.4 Å². The van der Waals surface area contributed by atoms with Crippen LogP contribution in [0.15, 0.2) is 22.7 Å². The molecule has 1 aromatic carbocycles. The number of aliphatic carboxylic acids is 1. The van der Waals surface area contributed by atoms with Crippen molar-refractivity contribution in [3.8, 4) is 5.75 Å². The second-order valence-electron chi connectivity index (χ2n) is 4.59. The third kappa shape index (κ3) is 5.26. The van der Waals surface area contributed by atoms with E-state index in [-0.39, 0.29) is 12.6 Å². The highest BCUT2D eigenvalue weighted by atomic mass is 79.9. The van der Waals surface area contributed by atoms with Crippen LogP contribution in [0.3, 0.4) is 0 Å². The Morgan fingerprint density at radius 2 is 2.10 bits per heavy atom. The smallest absolute Gasteiger partial charge is 0.323 e. The molecule has 21 heavy (non-hydrogen) atoms. The van der Waals surface area contributed by atoms with Crippen molar-refractivity contribution in [1.29, 1.82) is 0 Å². The van der Waals surface area contributed by atoms with Gasteiger partial charge in [-0.15, -0.1) is 0 Å². The van der Waals surface area contributed by atoms with Crippen LogP contribution < -0.4 is 10.1 Å². The quantitative estimate of drug-likeness (QED) is 0.818. The first-order valence-electron chi connectivity index (χ1n) is 6.51. The molecule has 0 radical (unpaired) electrons. The number of benzene rings is 1. The lowest BCUT2D eigenvalue weighted by atomic mass is 10.2. The molecule has 0 saturated heterocycles. The molecule has 116 valence electrons. The van der Waals surface area contributed by atoms with Crippen molar-refractivity contribution in [2.75, 3.05) is 19.0 Å². The number of urea groups is 1. The number of nitrogens with zero attached hydrogens (tertiary/aromatic N) is 1. The van der Waals surface area contributed by atoms with E-state index in [1.807, 2.05) is 13.8 Å². The molecule has 0 bridgehead atoms. The molecule has 1 rings (SSSR count). The maximum absolute atomic E-state index is 12.3. The van der Waals surface area contributed by atoms with E-state index in [0.29, 0.717) is 17.9 Å². The number of amides is 2. The van der Waals surface area contributed by atoms with E-state index in [1.54, 1.807) is 18.2 Å². The second-order valence-corrected chi connectivity index (χ2v) is 5.50. The maximum atomic E-state index is 12.3. The van der Waals surface area contributed by atoms with Crippen LogP contribution >= 0.6 is 15.9 Å². The Hall–Kier alpha value is -1.76. The van der Waals surface area contributed by atoms with Gasteiger partial charge in [0.15, 0.2) is 0 Å². The normalized spacial score (nSPS) is 11.6. The lowest BCUT2D eigenvalue weighted by Gasteiger charge is -2.27. The number of carboxylic acid groups (broad SMARTS) is 1. The van der Waals surface area contributed by atoms with Gasteiger partial charge in [0.2, 0.25) is 0 Å². The summed E-state index contributed by atoms with van der Waals surface area (Å²) in [6.45, 7) is 3.37. The largest absolute Gasteiger partial charge is 0.497 e. The van der Waals surface area contributed by atoms with Gasteiger partial charge in [-0.2, -0.15) is 0 Å². The lowest BCUT2D eigenvalue weighted by Crippen LogP contribution is -2.44. The van der Waals surface area contributed by atoms with Gasteiger partial charge in [-0.25, -0.2) is 4.79 Å². The molecule has 0 saturated carbocycles. The number of ether oxygens (including phenoxy) is 1. The summed E-state index contributed by atoms with van der Waals surface area (Å²) < 4.78 is 5.88. The van der Waals surface area contributed by atoms with E-state index in [9.17, 15) is 9.59 Å². The van der Waals surface area contributed by atoms with Crippen LogP contribution in [0.4, 0.5) is 10.5 Å². The van der Waals surface area contributed by atoms with Gasteiger partial charge >= 0.3 is 12.0 Å². The SMILES string of the molecule is CCC(C)N(CC(=O)O)C(=O)Nc1cc(Br)cc(OC)c1. The van der Waals surface area contributed by atoms with Crippen molar-refractivity contribution >= 4 is 33.6 Å². The zero-order chi connectivity index (χ0) is 16.0. The van der Waals surface area contributed by atoms with Gasteiger partial charge in [0.25, 0.3) is 0 Å². The van der Waals surface area contributed by atoms with E-state index in [4.69, 9.17) is 9.84 Å². The van der Waals surface area contributed by atoms with Gasteiger partial charge in [0.05, 0.1) is 7.11 Å². The summed E-state index contributed by atoms with van der Waals surface area (Å²) in [5.74, 6) is -0.453. The fourth-order valence-corrected chi connectivity index (χ4v) is 2.21. The minimum Gasteiger partial charge on any atom is -0.497 e. The van der Waals surface area contributed by atoms with E-state index < -0.39 is 12.0 Å². The molecular formula is C14H19BrN2O4. The Morgan fingerprint density at radius 3 is 2.62 bits per heavy atom. The number of carbonyl (C=O) groups excluding carboxylic acids is 1. The predicted molar refractivity (Wildman–Crippen MR) is 83.8 cm³/mol. The summed E-state index contributed by atoms with van der Waals surface area (Å²) in [6, 6.07) is 4.52. The van der Waals surface area contributed by atoms with E-state index in [1.165, 1.54) is 12.0 Å². The molecule has 0 spiro atoms. The Morgan fingerprint density at radius 1 is 1.43 bits per heavy atom. The molecule has 0 aliphatic rings. The van der Waals surface area contributed by atoms with E-state index in [2.05, 4.69) is 21.2 Å². The zero-order valence-corrected chi connectivity index (χ0v) is 13.8. The van der Waals surface area contributed by atoms with Crippen molar-refractivity contribution in [1.82, 2.24) is 4.90 Å². The number of nitrogens with one attached hydrogen (secondary N) is 1. The van der Waals surface area contributed by atoms with Crippen LogP contribution in [-0.4, -0.2) is 41.7 Å². The molecule has 2 N–H and O–H groups in total. The number of hydrogen-bond donors (Lipinski definition) is 2. The Balaban J connectivity index is 2.90. The summed E-state index contributed by atoms with van der Waals surface area (Å²) in [7, 11) is 1.53. The molecule has 0 aliphatic heterocycles.